The molecule has 0 aliphatic rings. The van der Waals surface area contributed by atoms with Crippen LogP contribution in [0.15, 0.2) is 48.5 Å². The van der Waals surface area contributed by atoms with Gasteiger partial charge in [-0.3, -0.25) is 4.79 Å². The van der Waals surface area contributed by atoms with Gasteiger partial charge in [-0.15, -0.1) is 0 Å². The molecule has 0 saturated carbocycles. The Morgan fingerprint density at radius 3 is 2.44 bits per heavy atom. The summed E-state index contributed by atoms with van der Waals surface area (Å²) in [5.74, 6) is 0.0136. The Morgan fingerprint density at radius 1 is 1.07 bits per heavy atom. The second-order valence-corrected chi connectivity index (χ2v) is 7.39. The fraction of sp³-hybridized carbons (Fsp3) is 0.238. The van der Waals surface area contributed by atoms with Crippen LogP contribution < -0.4 is 0 Å². The number of hydrogen-bond donors (Lipinski definition) is 0. The molecule has 6 heteroatoms. The van der Waals surface area contributed by atoms with E-state index < -0.39 is 0 Å². The molecule has 4 nitrogen and oxygen atoms in total. The Kier molecular flexibility index (Phi) is 5.88. The highest BCUT2D eigenvalue weighted by Crippen LogP contribution is 2.23. The summed E-state index contributed by atoms with van der Waals surface area (Å²) in [7, 11) is 1.80. The SMILES string of the molecule is Cc1nn(-c2ccccc2)c(C)c1CN(C)C(=O)Cc1ccc(Cl)c(Cl)c1. The zero-order valence-electron chi connectivity index (χ0n) is 15.5. The summed E-state index contributed by atoms with van der Waals surface area (Å²) in [6.07, 6.45) is 0.276. The standard InChI is InChI=1S/C21H21Cl2N3O/c1-14-18(15(2)26(24-14)17-7-5-4-6-8-17)13-25(3)21(27)12-16-9-10-19(22)20(23)11-16/h4-11H,12-13H2,1-3H3. The van der Waals surface area contributed by atoms with Crippen molar-refractivity contribution in [2.45, 2.75) is 26.8 Å². The van der Waals surface area contributed by atoms with Crippen molar-refractivity contribution in [3.05, 3.63) is 81.1 Å². The summed E-state index contributed by atoms with van der Waals surface area (Å²) in [5.41, 5.74) is 4.87. The van der Waals surface area contributed by atoms with E-state index in [1.807, 2.05) is 54.9 Å². The largest absolute Gasteiger partial charge is 0.341 e. The molecule has 0 spiro atoms. The average molecular weight is 402 g/mol. The van der Waals surface area contributed by atoms with Crippen LogP contribution >= 0.6 is 23.2 Å². The van der Waals surface area contributed by atoms with Crippen molar-refractivity contribution in [1.29, 1.82) is 0 Å². The molecule has 0 unspecified atom stereocenters. The zero-order chi connectivity index (χ0) is 19.6. The van der Waals surface area contributed by atoms with Crippen LogP contribution in [0.4, 0.5) is 0 Å². The molecule has 1 aromatic heterocycles. The number of hydrogen-bond acceptors (Lipinski definition) is 2. The van der Waals surface area contributed by atoms with Gasteiger partial charge in [-0.25, -0.2) is 4.68 Å². The van der Waals surface area contributed by atoms with Gasteiger partial charge in [0.15, 0.2) is 0 Å². The van der Waals surface area contributed by atoms with Crippen LogP contribution in [-0.4, -0.2) is 27.6 Å². The lowest BCUT2D eigenvalue weighted by atomic mass is 10.1. The first-order chi connectivity index (χ1) is 12.9. The Balaban J connectivity index is 1.75. The number of para-hydroxylation sites is 1. The topological polar surface area (TPSA) is 38.1 Å². The number of aromatic nitrogens is 2. The van der Waals surface area contributed by atoms with Crippen LogP contribution in [0.25, 0.3) is 5.69 Å². The maximum absolute atomic E-state index is 12.6. The third-order valence-corrected chi connectivity index (χ3v) is 5.34. The van der Waals surface area contributed by atoms with Crippen LogP contribution in [0.5, 0.6) is 0 Å². The number of likely N-dealkylation sites (N-methyl/N-ethyl adjacent to an activating group) is 1. The summed E-state index contributed by atoms with van der Waals surface area (Å²) in [4.78, 5) is 14.4. The molecule has 3 rings (SSSR count). The predicted molar refractivity (Wildman–Crippen MR) is 110 cm³/mol. The van der Waals surface area contributed by atoms with Crippen molar-refractivity contribution >= 4 is 29.1 Å². The first-order valence-corrected chi connectivity index (χ1v) is 9.41. The lowest BCUT2D eigenvalue weighted by Crippen LogP contribution is -2.28. The third-order valence-electron chi connectivity index (χ3n) is 4.60. The maximum Gasteiger partial charge on any atom is 0.227 e. The normalized spacial score (nSPS) is 10.9. The van der Waals surface area contributed by atoms with E-state index in [1.165, 1.54) is 0 Å². The summed E-state index contributed by atoms with van der Waals surface area (Å²) in [6.45, 7) is 4.50. The molecular weight excluding hydrogens is 381 g/mol. The van der Waals surface area contributed by atoms with Crippen molar-refractivity contribution in [3.8, 4) is 5.69 Å². The van der Waals surface area contributed by atoms with Crippen molar-refractivity contribution in [3.63, 3.8) is 0 Å². The van der Waals surface area contributed by atoms with Crippen LogP contribution in [0.2, 0.25) is 10.0 Å². The second kappa shape index (κ2) is 8.15. The monoisotopic (exact) mass is 401 g/mol. The van der Waals surface area contributed by atoms with Crippen molar-refractivity contribution in [2.75, 3.05) is 7.05 Å². The molecule has 0 bridgehead atoms. The Bertz CT molecular complexity index is 967. The van der Waals surface area contributed by atoms with Crippen LogP contribution in [0.1, 0.15) is 22.5 Å². The molecule has 0 fully saturated rings. The number of carbonyl (C=O) groups excluding carboxylic acids is 1. The van der Waals surface area contributed by atoms with E-state index in [2.05, 4.69) is 5.10 Å². The lowest BCUT2D eigenvalue weighted by Gasteiger charge is -2.18. The quantitative estimate of drug-likeness (QED) is 0.603. The third kappa shape index (κ3) is 4.34. The molecule has 3 aromatic rings. The van der Waals surface area contributed by atoms with Gasteiger partial charge >= 0.3 is 0 Å². The molecule has 0 aliphatic heterocycles. The van der Waals surface area contributed by atoms with Gasteiger partial charge in [-0.05, 0) is 43.7 Å². The van der Waals surface area contributed by atoms with Gasteiger partial charge in [0.1, 0.15) is 0 Å². The van der Waals surface area contributed by atoms with Crippen molar-refractivity contribution in [1.82, 2.24) is 14.7 Å². The molecule has 27 heavy (non-hydrogen) atoms. The molecule has 0 radical (unpaired) electrons. The number of halogens is 2. The number of rotatable bonds is 5. The number of benzene rings is 2. The predicted octanol–water partition coefficient (Wildman–Crippen LogP) is 5.00. The molecule has 1 heterocycles. The number of nitrogens with zero attached hydrogens (tertiary/aromatic N) is 3. The van der Waals surface area contributed by atoms with E-state index in [4.69, 9.17) is 23.2 Å². The van der Waals surface area contributed by atoms with E-state index in [-0.39, 0.29) is 12.3 Å². The highest BCUT2D eigenvalue weighted by molar-refractivity contribution is 6.42. The first-order valence-electron chi connectivity index (χ1n) is 8.65. The fourth-order valence-corrected chi connectivity index (χ4v) is 3.33. The Hall–Kier alpha value is -2.30. The average Bonchev–Trinajstić information content (AvgIpc) is 2.93. The van der Waals surface area contributed by atoms with E-state index in [0.29, 0.717) is 16.6 Å². The molecule has 140 valence electrons. The van der Waals surface area contributed by atoms with Gasteiger partial charge in [0.25, 0.3) is 0 Å². The van der Waals surface area contributed by atoms with Gasteiger partial charge in [0.05, 0.1) is 27.8 Å². The minimum atomic E-state index is 0.0136. The number of aryl methyl sites for hydroxylation is 1. The molecule has 1 amide bonds. The molecule has 0 atom stereocenters. The van der Waals surface area contributed by atoms with Crippen LogP contribution in [0.3, 0.4) is 0 Å². The van der Waals surface area contributed by atoms with Crippen molar-refractivity contribution in [2.24, 2.45) is 0 Å². The minimum Gasteiger partial charge on any atom is -0.341 e. The first kappa shape index (κ1) is 19.5. The molecular formula is C21H21Cl2N3O. The smallest absolute Gasteiger partial charge is 0.227 e. The van der Waals surface area contributed by atoms with Gasteiger partial charge in [0.2, 0.25) is 5.91 Å². The number of amides is 1. The van der Waals surface area contributed by atoms with Gasteiger partial charge in [0, 0.05) is 24.8 Å². The second-order valence-electron chi connectivity index (χ2n) is 6.57. The minimum absolute atomic E-state index is 0.0136. The Morgan fingerprint density at radius 2 is 1.78 bits per heavy atom. The number of carbonyl (C=O) groups is 1. The summed E-state index contributed by atoms with van der Waals surface area (Å²) in [6, 6.07) is 15.3. The maximum atomic E-state index is 12.6. The van der Waals surface area contributed by atoms with Gasteiger partial charge in [-0.1, -0.05) is 47.5 Å². The lowest BCUT2D eigenvalue weighted by molar-refractivity contribution is -0.129. The fourth-order valence-electron chi connectivity index (χ4n) is 3.01. The molecule has 0 saturated heterocycles. The van der Waals surface area contributed by atoms with E-state index in [9.17, 15) is 4.79 Å². The highest BCUT2D eigenvalue weighted by Gasteiger charge is 2.17. The van der Waals surface area contributed by atoms with Crippen LogP contribution in [0, 0.1) is 13.8 Å². The summed E-state index contributed by atoms with van der Waals surface area (Å²) in [5, 5.41) is 5.59. The summed E-state index contributed by atoms with van der Waals surface area (Å²) < 4.78 is 1.92. The zero-order valence-corrected chi connectivity index (χ0v) is 17.1. The molecule has 0 aliphatic carbocycles. The van der Waals surface area contributed by atoms with Crippen molar-refractivity contribution < 1.29 is 4.79 Å². The highest BCUT2D eigenvalue weighted by atomic mass is 35.5. The summed E-state index contributed by atoms with van der Waals surface area (Å²) >= 11 is 12.0. The van der Waals surface area contributed by atoms with Crippen LogP contribution in [-0.2, 0) is 17.8 Å². The Labute approximate surface area is 169 Å². The van der Waals surface area contributed by atoms with E-state index >= 15 is 0 Å². The molecule has 0 N–H and O–H groups in total. The van der Waals surface area contributed by atoms with Gasteiger partial charge in [-0.2, -0.15) is 5.10 Å². The van der Waals surface area contributed by atoms with E-state index in [1.54, 1.807) is 24.1 Å². The van der Waals surface area contributed by atoms with E-state index in [0.717, 1.165) is 28.2 Å². The van der Waals surface area contributed by atoms with Gasteiger partial charge < -0.3 is 4.90 Å². The molecule has 2 aromatic carbocycles.